The van der Waals surface area contributed by atoms with E-state index in [9.17, 15) is 16.8 Å². The van der Waals surface area contributed by atoms with Crippen LogP contribution in [-0.2, 0) is 32.7 Å². The van der Waals surface area contributed by atoms with Gasteiger partial charge in [-0.3, -0.25) is 0 Å². The van der Waals surface area contributed by atoms with E-state index in [1.165, 1.54) is 0 Å². The zero-order valence-corrected chi connectivity index (χ0v) is 16.2. The van der Waals surface area contributed by atoms with Gasteiger partial charge < -0.3 is 4.42 Å². The number of sulfone groups is 1. The molecule has 0 saturated carbocycles. The minimum atomic E-state index is -3.48. The van der Waals surface area contributed by atoms with Crippen LogP contribution in [0.25, 0.3) is 0 Å². The molecule has 0 fully saturated rings. The molecular weight excluding hydrogens is 378 g/mol. The zero-order chi connectivity index (χ0) is 19.0. The number of hydrogen-bond acceptors (Lipinski definition) is 7. The lowest BCUT2D eigenvalue weighted by Gasteiger charge is -2.06. The minimum Gasteiger partial charge on any atom is -0.413 e. The Kier molecular flexibility index (Phi) is 7.30. The number of nitrogens with zero attached hydrogens (tertiary/aromatic N) is 2. The summed E-state index contributed by atoms with van der Waals surface area (Å²) in [5.41, 5.74) is 0.992. The van der Waals surface area contributed by atoms with E-state index in [-0.39, 0.29) is 16.9 Å². The molecule has 0 atom stereocenters. The van der Waals surface area contributed by atoms with Crippen LogP contribution in [-0.4, -0.2) is 45.6 Å². The van der Waals surface area contributed by atoms with Crippen LogP contribution in [0.2, 0.25) is 0 Å². The van der Waals surface area contributed by atoms with Crippen LogP contribution >= 0.6 is 0 Å². The highest BCUT2D eigenvalue weighted by molar-refractivity contribution is 7.90. The summed E-state index contributed by atoms with van der Waals surface area (Å²) in [6.45, 7) is 0.371. The quantitative estimate of drug-likeness (QED) is 0.564. The number of hydrogen-bond donors (Lipinski definition) is 1. The Labute approximate surface area is 154 Å². The molecule has 0 aliphatic carbocycles. The first kappa shape index (κ1) is 20.5. The van der Waals surface area contributed by atoms with Crippen LogP contribution in [0.15, 0.2) is 40.0 Å². The van der Waals surface area contributed by atoms with Crippen molar-refractivity contribution in [2.24, 2.45) is 0 Å². The molecule has 144 valence electrons. The Bertz CT molecular complexity index is 893. The average Bonchev–Trinajstić information content (AvgIpc) is 3.06. The molecule has 1 aromatic heterocycles. The van der Waals surface area contributed by atoms with E-state index < -0.39 is 19.9 Å². The fourth-order valence-electron chi connectivity index (χ4n) is 2.26. The third-order valence-corrected chi connectivity index (χ3v) is 5.84. The third-order valence-electron chi connectivity index (χ3n) is 3.66. The number of rotatable bonds is 11. The summed E-state index contributed by atoms with van der Waals surface area (Å²) in [5.74, 6) is 0.335. The summed E-state index contributed by atoms with van der Waals surface area (Å²) in [4.78, 5) is 0. The van der Waals surface area contributed by atoms with E-state index in [4.69, 9.17) is 4.42 Å². The highest BCUT2D eigenvalue weighted by Gasteiger charge is 2.16. The molecule has 2 aromatic rings. The summed E-state index contributed by atoms with van der Waals surface area (Å²) in [6.07, 6.45) is 4.10. The minimum absolute atomic E-state index is 0.0628. The smallest absolute Gasteiger partial charge is 0.335 e. The summed E-state index contributed by atoms with van der Waals surface area (Å²) in [6, 6.07) is 9.48. The van der Waals surface area contributed by atoms with Gasteiger partial charge in [0.25, 0.3) is 0 Å². The summed E-state index contributed by atoms with van der Waals surface area (Å²) in [5, 5.41) is 6.79. The molecule has 1 N–H and O–H groups in total. The van der Waals surface area contributed by atoms with Crippen LogP contribution in [0.5, 0.6) is 0 Å². The standard InChI is InChI=1S/C16H23N3O5S2/c1-25(20,21)16-19-18-15(24-16)10-6-3-7-12-17-26(22,23)13-11-14-8-4-2-5-9-14/h2,4-5,8-9,17H,3,6-7,10-13H2,1H3. The van der Waals surface area contributed by atoms with Gasteiger partial charge in [0, 0.05) is 19.2 Å². The van der Waals surface area contributed by atoms with Gasteiger partial charge in [0.05, 0.1) is 5.75 Å². The molecule has 0 aliphatic heterocycles. The molecule has 0 radical (unpaired) electrons. The van der Waals surface area contributed by atoms with E-state index in [1.807, 2.05) is 30.3 Å². The Morgan fingerprint density at radius 2 is 1.69 bits per heavy atom. The summed E-state index contributed by atoms with van der Waals surface area (Å²) in [7, 11) is -6.77. The van der Waals surface area contributed by atoms with Gasteiger partial charge in [-0.05, 0) is 24.8 Å². The largest absolute Gasteiger partial charge is 0.413 e. The molecule has 0 amide bonds. The van der Waals surface area contributed by atoms with E-state index >= 15 is 0 Å². The first-order valence-corrected chi connectivity index (χ1v) is 11.8. The number of aromatic nitrogens is 2. The van der Waals surface area contributed by atoms with Crippen molar-refractivity contribution in [3.05, 3.63) is 41.8 Å². The maximum Gasteiger partial charge on any atom is 0.335 e. The maximum absolute atomic E-state index is 12.0. The van der Waals surface area contributed by atoms with Gasteiger partial charge in [-0.2, -0.15) is 0 Å². The van der Waals surface area contributed by atoms with Crippen LogP contribution in [0.4, 0.5) is 0 Å². The Morgan fingerprint density at radius 1 is 0.962 bits per heavy atom. The topological polar surface area (TPSA) is 119 Å². The summed E-state index contributed by atoms with van der Waals surface area (Å²) >= 11 is 0. The summed E-state index contributed by atoms with van der Waals surface area (Å²) < 4.78 is 54.0. The van der Waals surface area contributed by atoms with E-state index in [1.54, 1.807) is 0 Å². The van der Waals surface area contributed by atoms with Crippen LogP contribution < -0.4 is 4.72 Å². The molecule has 10 heteroatoms. The fourth-order valence-corrected chi connectivity index (χ4v) is 3.80. The molecule has 1 aromatic carbocycles. The molecule has 8 nitrogen and oxygen atoms in total. The van der Waals surface area contributed by atoms with Crippen molar-refractivity contribution < 1.29 is 21.3 Å². The second-order valence-electron chi connectivity index (χ2n) is 5.99. The van der Waals surface area contributed by atoms with Crippen molar-refractivity contribution >= 4 is 19.9 Å². The van der Waals surface area contributed by atoms with Crippen molar-refractivity contribution in [3.63, 3.8) is 0 Å². The average molecular weight is 402 g/mol. The van der Waals surface area contributed by atoms with Crippen molar-refractivity contribution in [3.8, 4) is 0 Å². The highest BCUT2D eigenvalue weighted by atomic mass is 32.2. The van der Waals surface area contributed by atoms with Crippen molar-refractivity contribution in [1.82, 2.24) is 14.9 Å². The fraction of sp³-hybridized carbons (Fsp3) is 0.500. The molecule has 0 aliphatic rings. The van der Waals surface area contributed by atoms with Crippen molar-refractivity contribution in [2.45, 2.75) is 37.3 Å². The Hall–Kier alpha value is -1.78. The predicted molar refractivity (Wildman–Crippen MR) is 96.9 cm³/mol. The first-order chi connectivity index (χ1) is 12.3. The van der Waals surface area contributed by atoms with E-state index in [0.29, 0.717) is 32.2 Å². The zero-order valence-electron chi connectivity index (χ0n) is 14.6. The second kappa shape index (κ2) is 9.24. The van der Waals surface area contributed by atoms with Gasteiger partial charge in [0.1, 0.15) is 0 Å². The highest BCUT2D eigenvalue weighted by Crippen LogP contribution is 2.10. The molecule has 1 heterocycles. The SMILES string of the molecule is CS(=O)(=O)c1nnc(CCCCCNS(=O)(=O)CCc2ccccc2)o1. The maximum atomic E-state index is 12.0. The van der Waals surface area contributed by atoms with Crippen LogP contribution in [0.1, 0.15) is 30.7 Å². The van der Waals surface area contributed by atoms with Gasteiger partial charge >= 0.3 is 5.22 Å². The van der Waals surface area contributed by atoms with Crippen molar-refractivity contribution in [2.75, 3.05) is 18.6 Å². The monoisotopic (exact) mass is 401 g/mol. The second-order valence-corrected chi connectivity index (χ2v) is 9.81. The number of unbranched alkanes of at least 4 members (excludes halogenated alkanes) is 2. The molecule has 0 spiro atoms. The van der Waals surface area contributed by atoms with Crippen LogP contribution in [0, 0.1) is 0 Å². The molecule has 0 bridgehead atoms. The normalized spacial score (nSPS) is 12.3. The first-order valence-electron chi connectivity index (χ1n) is 8.30. The third kappa shape index (κ3) is 7.22. The molecular formula is C16H23N3O5S2. The van der Waals surface area contributed by atoms with Gasteiger partial charge in [0.15, 0.2) is 0 Å². The lowest BCUT2D eigenvalue weighted by atomic mass is 10.2. The lowest BCUT2D eigenvalue weighted by molar-refractivity contribution is 0.392. The molecule has 26 heavy (non-hydrogen) atoms. The Balaban J connectivity index is 1.61. The van der Waals surface area contributed by atoms with Gasteiger partial charge in [0.2, 0.25) is 25.8 Å². The molecule has 2 rings (SSSR count). The van der Waals surface area contributed by atoms with Gasteiger partial charge in [-0.1, -0.05) is 41.9 Å². The molecule has 0 saturated heterocycles. The van der Waals surface area contributed by atoms with E-state index in [0.717, 1.165) is 18.2 Å². The number of aryl methyl sites for hydroxylation is 2. The van der Waals surface area contributed by atoms with Crippen LogP contribution in [0.3, 0.4) is 0 Å². The number of nitrogens with one attached hydrogen (secondary N) is 1. The molecule has 0 unspecified atom stereocenters. The number of sulfonamides is 1. The van der Waals surface area contributed by atoms with Crippen molar-refractivity contribution in [1.29, 1.82) is 0 Å². The number of benzene rings is 1. The van der Waals surface area contributed by atoms with Gasteiger partial charge in [-0.15, -0.1) is 5.10 Å². The van der Waals surface area contributed by atoms with Gasteiger partial charge in [-0.25, -0.2) is 21.6 Å². The predicted octanol–water partition coefficient (Wildman–Crippen LogP) is 1.35. The van der Waals surface area contributed by atoms with E-state index in [2.05, 4.69) is 14.9 Å². The Morgan fingerprint density at radius 3 is 2.35 bits per heavy atom. The lowest BCUT2D eigenvalue weighted by Crippen LogP contribution is -2.28.